The first-order valence-electron chi connectivity index (χ1n) is 6.24. The molecular weight excluding hydrogens is 240 g/mol. The maximum absolute atomic E-state index is 3.47. The molecule has 3 heteroatoms. The van der Waals surface area contributed by atoms with Crippen LogP contribution >= 0.6 is 11.3 Å². The predicted molar refractivity (Wildman–Crippen MR) is 79.3 cm³/mol. The normalized spacial score (nSPS) is 10.9. The molecular formula is C15H16N2S. The van der Waals surface area contributed by atoms with Gasteiger partial charge in [-0.3, -0.25) is 0 Å². The van der Waals surface area contributed by atoms with Crippen molar-refractivity contribution in [1.82, 2.24) is 4.98 Å². The van der Waals surface area contributed by atoms with Crippen LogP contribution in [0.5, 0.6) is 0 Å². The monoisotopic (exact) mass is 256 g/mol. The van der Waals surface area contributed by atoms with Crippen molar-refractivity contribution in [2.24, 2.45) is 0 Å². The van der Waals surface area contributed by atoms with Gasteiger partial charge >= 0.3 is 0 Å². The van der Waals surface area contributed by atoms with Crippen molar-refractivity contribution < 1.29 is 0 Å². The minimum Gasteiger partial charge on any atom is -0.380 e. The molecule has 0 aliphatic rings. The zero-order chi connectivity index (χ0) is 12.4. The van der Waals surface area contributed by atoms with Crippen LogP contribution < -0.4 is 5.32 Å². The van der Waals surface area contributed by atoms with Gasteiger partial charge in [0, 0.05) is 33.7 Å². The third kappa shape index (κ3) is 2.27. The van der Waals surface area contributed by atoms with Crippen LogP contribution in [0.25, 0.3) is 10.9 Å². The molecule has 0 radical (unpaired) electrons. The first kappa shape index (κ1) is 11.4. The van der Waals surface area contributed by atoms with Crippen molar-refractivity contribution in [2.75, 3.05) is 5.32 Å². The van der Waals surface area contributed by atoms with E-state index in [1.807, 2.05) is 17.5 Å². The molecule has 92 valence electrons. The molecule has 18 heavy (non-hydrogen) atoms. The molecule has 3 aromatic rings. The summed E-state index contributed by atoms with van der Waals surface area (Å²) in [7, 11) is 0. The average Bonchev–Trinajstić information content (AvgIpc) is 3.04. The molecule has 0 aliphatic heterocycles. The van der Waals surface area contributed by atoms with Crippen molar-refractivity contribution in [2.45, 2.75) is 19.9 Å². The van der Waals surface area contributed by atoms with E-state index in [0.29, 0.717) is 0 Å². The third-order valence-electron chi connectivity index (χ3n) is 3.09. The van der Waals surface area contributed by atoms with Gasteiger partial charge in [-0.1, -0.05) is 13.0 Å². The number of nitrogens with one attached hydrogen (secondary N) is 2. The van der Waals surface area contributed by atoms with Crippen LogP contribution in [-0.4, -0.2) is 4.98 Å². The number of aromatic nitrogens is 1. The number of hydrogen-bond acceptors (Lipinski definition) is 2. The number of fused-ring (bicyclic) bond motifs is 1. The van der Waals surface area contributed by atoms with E-state index >= 15 is 0 Å². The fourth-order valence-electron chi connectivity index (χ4n) is 2.05. The van der Waals surface area contributed by atoms with E-state index in [9.17, 15) is 0 Å². The van der Waals surface area contributed by atoms with Crippen molar-refractivity contribution in [3.63, 3.8) is 0 Å². The molecule has 3 rings (SSSR count). The van der Waals surface area contributed by atoms with Gasteiger partial charge in [0.1, 0.15) is 0 Å². The maximum atomic E-state index is 3.47. The molecule has 0 spiro atoms. The Morgan fingerprint density at radius 3 is 2.83 bits per heavy atom. The van der Waals surface area contributed by atoms with Gasteiger partial charge in [0.05, 0.1) is 0 Å². The fourth-order valence-corrected chi connectivity index (χ4v) is 2.95. The Bertz CT molecular complexity index is 651. The van der Waals surface area contributed by atoms with Gasteiger partial charge in [-0.2, -0.15) is 0 Å². The molecule has 0 saturated heterocycles. The van der Waals surface area contributed by atoms with Crippen molar-refractivity contribution >= 4 is 27.9 Å². The zero-order valence-corrected chi connectivity index (χ0v) is 11.2. The standard InChI is InChI=1S/C15H16N2S/c1-2-13-5-6-14(18-13)10-17-12-4-3-11-7-8-16-15(11)9-12/h3-9,16-17H,2,10H2,1H3. The summed E-state index contributed by atoms with van der Waals surface area (Å²) in [6.45, 7) is 3.10. The molecule has 0 saturated carbocycles. The Kier molecular flexibility index (Phi) is 3.07. The number of aryl methyl sites for hydroxylation is 1. The SMILES string of the molecule is CCc1ccc(CNc2ccc3cc[nH]c3c2)s1. The van der Waals surface area contributed by atoms with Crippen LogP contribution in [0.15, 0.2) is 42.6 Å². The second kappa shape index (κ2) is 4.86. The summed E-state index contributed by atoms with van der Waals surface area (Å²) in [5.41, 5.74) is 2.34. The predicted octanol–water partition coefficient (Wildman–Crippen LogP) is 4.40. The minimum absolute atomic E-state index is 0.900. The second-order valence-electron chi connectivity index (χ2n) is 4.35. The lowest BCUT2D eigenvalue weighted by Crippen LogP contribution is -1.96. The summed E-state index contributed by atoms with van der Waals surface area (Å²) < 4.78 is 0. The summed E-state index contributed by atoms with van der Waals surface area (Å²) in [5.74, 6) is 0. The van der Waals surface area contributed by atoms with Crippen molar-refractivity contribution in [1.29, 1.82) is 0 Å². The van der Waals surface area contributed by atoms with E-state index in [2.05, 4.69) is 53.6 Å². The largest absolute Gasteiger partial charge is 0.380 e. The molecule has 1 aromatic carbocycles. The Morgan fingerprint density at radius 1 is 1.11 bits per heavy atom. The van der Waals surface area contributed by atoms with Gasteiger partial charge in [-0.15, -0.1) is 11.3 Å². The number of aromatic amines is 1. The molecule has 0 bridgehead atoms. The first-order chi connectivity index (χ1) is 8.85. The van der Waals surface area contributed by atoms with E-state index < -0.39 is 0 Å². The van der Waals surface area contributed by atoms with Gasteiger partial charge < -0.3 is 10.3 Å². The minimum atomic E-state index is 0.900. The highest BCUT2D eigenvalue weighted by atomic mass is 32.1. The van der Waals surface area contributed by atoms with Gasteiger partial charge in [-0.05, 0) is 42.1 Å². The summed E-state index contributed by atoms with van der Waals surface area (Å²) in [6, 6.07) is 12.9. The molecule has 0 fully saturated rings. The topological polar surface area (TPSA) is 27.8 Å². The van der Waals surface area contributed by atoms with Gasteiger partial charge in [-0.25, -0.2) is 0 Å². The first-order valence-corrected chi connectivity index (χ1v) is 7.05. The number of anilines is 1. The quantitative estimate of drug-likeness (QED) is 0.711. The molecule has 2 aromatic heterocycles. The number of H-pyrrole nitrogens is 1. The smallest absolute Gasteiger partial charge is 0.0494 e. The van der Waals surface area contributed by atoms with Gasteiger partial charge in [0.15, 0.2) is 0 Å². The average molecular weight is 256 g/mol. The lowest BCUT2D eigenvalue weighted by atomic mass is 10.2. The van der Waals surface area contributed by atoms with E-state index in [1.165, 1.54) is 20.7 Å². The highest BCUT2D eigenvalue weighted by Gasteiger charge is 2.00. The third-order valence-corrected chi connectivity index (χ3v) is 4.32. The zero-order valence-electron chi connectivity index (χ0n) is 10.4. The van der Waals surface area contributed by atoms with Crippen LogP contribution in [0.3, 0.4) is 0 Å². The number of hydrogen-bond donors (Lipinski definition) is 2. The van der Waals surface area contributed by atoms with Crippen LogP contribution in [0.1, 0.15) is 16.7 Å². The van der Waals surface area contributed by atoms with Crippen LogP contribution in [0.2, 0.25) is 0 Å². The highest BCUT2D eigenvalue weighted by Crippen LogP contribution is 2.21. The van der Waals surface area contributed by atoms with Crippen molar-refractivity contribution in [3.8, 4) is 0 Å². The Hall–Kier alpha value is -1.74. The molecule has 2 nitrogen and oxygen atoms in total. The highest BCUT2D eigenvalue weighted by molar-refractivity contribution is 7.12. The fraction of sp³-hybridized carbons (Fsp3) is 0.200. The van der Waals surface area contributed by atoms with Gasteiger partial charge in [0.25, 0.3) is 0 Å². The van der Waals surface area contributed by atoms with E-state index in [1.54, 1.807) is 0 Å². The lowest BCUT2D eigenvalue weighted by molar-refractivity contribution is 1.19. The van der Waals surface area contributed by atoms with Crippen LogP contribution in [0, 0.1) is 0 Å². The lowest BCUT2D eigenvalue weighted by Gasteiger charge is -2.04. The molecule has 0 unspecified atom stereocenters. The van der Waals surface area contributed by atoms with Crippen molar-refractivity contribution in [3.05, 3.63) is 52.3 Å². The van der Waals surface area contributed by atoms with E-state index in [0.717, 1.165) is 18.7 Å². The van der Waals surface area contributed by atoms with E-state index in [-0.39, 0.29) is 0 Å². The number of thiophene rings is 1. The molecule has 0 atom stereocenters. The Balaban J connectivity index is 1.72. The van der Waals surface area contributed by atoms with Gasteiger partial charge in [0.2, 0.25) is 0 Å². The van der Waals surface area contributed by atoms with Crippen LogP contribution in [0.4, 0.5) is 5.69 Å². The molecule has 0 aliphatic carbocycles. The Labute approximate surface area is 111 Å². The number of rotatable bonds is 4. The van der Waals surface area contributed by atoms with Crippen LogP contribution in [-0.2, 0) is 13.0 Å². The number of benzene rings is 1. The summed E-state index contributed by atoms with van der Waals surface area (Å²) in [4.78, 5) is 6.07. The van der Waals surface area contributed by atoms with E-state index in [4.69, 9.17) is 0 Å². The second-order valence-corrected chi connectivity index (χ2v) is 5.61. The Morgan fingerprint density at radius 2 is 2.00 bits per heavy atom. The summed E-state index contributed by atoms with van der Waals surface area (Å²) in [5, 5.41) is 4.73. The maximum Gasteiger partial charge on any atom is 0.0494 e. The summed E-state index contributed by atoms with van der Waals surface area (Å²) >= 11 is 1.89. The summed E-state index contributed by atoms with van der Waals surface area (Å²) in [6.07, 6.45) is 3.10. The molecule has 0 amide bonds. The molecule has 2 N–H and O–H groups in total. The molecule has 2 heterocycles.